The number of nitrogens with zero attached hydrogens (tertiary/aromatic N) is 1. The van der Waals surface area contributed by atoms with E-state index in [9.17, 15) is 8.78 Å². The van der Waals surface area contributed by atoms with Crippen molar-refractivity contribution < 1.29 is 13.5 Å². The first-order valence-corrected chi connectivity index (χ1v) is 7.43. The molecule has 0 saturated carbocycles. The van der Waals surface area contributed by atoms with E-state index in [0.29, 0.717) is 13.2 Å². The van der Waals surface area contributed by atoms with Gasteiger partial charge in [0.1, 0.15) is 5.69 Å². The van der Waals surface area contributed by atoms with E-state index in [1.807, 2.05) is 31.2 Å². The van der Waals surface area contributed by atoms with E-state index in [2.05, 4.69) is 5.32 Å². The van der Waals surface area contributed by atoms with E-state index in [0.717, 1.165) is 29.7 Å². The largest absolute Gasteiger partial charge is 0.377 e. The Balaban J connectivity index is 2.11. The number of hydrogen-bond acceptors (Lipinski definition) is 3. The Morgan fingerprint density at radius 1 is 1.13 bits per heavy atom. The Hall–Kier alpha value is -2.45. The molecular formula is C18H18F2N2O. The van der Waals surface area contributed by atoms with E-state index >= 15 is 0 Å². The molecule has 23 heavy (non-hydrogen) atoms. The summed E-state index contributed by atoms with van der Waals surface area (Å²) in [6.45, 7) is 3.43. The first-order chi connectivity index (χ1) is 11.2. The molecule has 0 atom stereocenters. The van der Waals surface area contributed by atoms with Crippen molar-refractivity contribution in [2.45, 2.75) is 26.5 Å². The van der Waals surface area contributed by atoms with Gasteiger partial charge in [-0.15, -0.1) is 0 Å². The number of rotatable bonds is 7. The van der Waals surface area contributed by atoms with Crippen molar-refractivity contribution in [3.63, 3.8) is 0 Å². The van der Waals surface area contributed by atoms with Crippen molar-refractivity contribution in [3.05, 3.63) is 64.7 Å². The second-order valence-corrected chi connectivity index (χ2v) is 5.10. The quantitative estimate of drug-likeness (QED) is 0.771. The highest BCUT2D eigenvalue weighted by atomic mass is 19.1. The van der Waals surface area contributed by atoms with E-state index < -0.39 is 11.6 Å². The van der Waals surface area contributed by atoms with Crippen LogP contribution in [-0.4, -0.2) is 6.61 Å². The van der Waals surface area contributed by atoms with Gasteiger partial charge in [-0.25, -0.2) is 8.78 Å². The zero-order valence-corrected chi connectivity index (χ0v) is 12.9. The summed E-state index contributed by atoms with van der Waals surface area (Å²) in [5.41, 5.74) is 1.61. The van der Waals surface area contributed by atoms with Gasteiger partial charge in [-0.05, 0) is 29.7 Å². The second kappa shape index (κ2) is 8.25. The summed E-state index contributed by atoms with van der Waals surface area (Å²) in [6.07, 6.45) is 0.933. The van der Waals surface area contributed by atoms with E-state index in [1.54, 1.807) is 6.07 Å². The molecule has 2 aromatic carbocycles. The van der Waals surface area contributed by atoms with Crippen molar-refractivity contribution in [3.8, 4) is 6.07 Å². The van der Waals surface area contributed by atoms with Gasteiger partial charge in [0.15, 0.2) is 11.6 Å². The molecule has 0 heterocycles. The lowest BCUT2D eigenvalue weighted by molar-refractivity contribution is 0.121. The maximum Gasteiger partial charge on any atom is 0.150 e. The fraction of sp³-hybridized carbons (Fsp3) is 0.278. The van der Waals surface area contributed by atoms with Gasteiger partial charge in [-0.2, -0.15) is 5.26 Å². The Kier molecular flexibility index (Phi) is 6.07. The smallest absolute Gasteiger partial charge is 0.150 e. The monoisotopic (exact) mass is 316 g/mol. The zero-order chi connectivity index (χ0) is 16.7. The van der Waals surface area contributed by atoms with Crippen LogP contribution in [0, 0.1) is 23.0 Å². The number of nitrogens with one attached hydrogen (secondary N) is 1. The van der Waals surface area contributed by atoms with Gasteiger partial charge in [-0.1, -0.05) is 31.2 Å². The molecule has 0 saturated heterocycles. The maximum absolute atomic E-state index is 13.9. The molecule has 0 aliphatic rings. The van der Waals surface area contributed by atoms with Gasteiger partial charge >= 0.3 is 0 Å². The second-order valence-electron chi connectivity index (χ2n) is 5.10. The van der Waals surface area contributed by atoms with Crippen LogP contribution in [0.25, 0.3) is 0 Å². The molecule has 0 radical (unpaired) electrons. The fourth-order valence-corrected chi connectivity index (χ4v) is 2.19. The molecule has 0 amide bonds. The highest BCUT2D eigenvalue weighted by molar-refractivity contribution is 5.51. The number of anilines is 1. The highest BCUT2D eigenvalue weighted by Gasteiger charge is 2.11. The Morgan fingerprint density at radius 2 is 1.78 bits per heavy atom. The standard InChI is InChI=1S/C18H18F2N2O/c1-2-7-23-12-15-6-4-3-5-14(15)11-22-18-16(19)8-13(10-21)9-17(18)20/h3-6,8-9,22H,2,7,11-12H2,1H3. The average Bonchev–Trinajstić information content (AvgIpc) is 2.55. The van der Waals surface area contributed by atoms with Crippen LogP contribution in [0.2, 0.25) is 0 Å². The summed E-state index contributed by atoms with van der Waals surface area (Å²) in [4.78, 5) is 0. The minimum atomic E-state index is -0.777. The van der Waals surface area contributed by atoms with Crippen molar-refractivity contribution in [1.29, 1.82) is 5.26 Å². The maximum atomic E-state index is 13.9. The summed E-state index contributed by atoms with van der Waals surface area (Å²) in [6, 6.07) is 11.3. The SMILES string of the molecule is CCCOCc1ccccc1CNc1c(F)cc(C#N)cc1F. The van der Waals surface area contributed by atoms with Crippen LogP contribution in [0.15, 0.2) is 36.4 Å². The molecule has 0 spiro atoms. The summed E-state index contributed by atoms with van der Waals surface area (Å²) in [7, 11) is 0. The molecule has 0 fully saturated rings. The molecule has 1 N–H and O–H groups in total. The molecular weight excluding hydrogens is 298 g/mol. The summed E-state index contributed by atoms with van der Waals surface area (Å²) >= 11 is 0. The summed E-state index contributed by atoms with van der Waals surface area (Å²) < 4.78 is 33.3. The lowest BCUT2D eigenvalue weighted by Crippen LogP contribution is -2.07. The Labute approximate surface area is 134 Å². The van der Waals surface area contributed by atoms with Gasteiger partial charge in [0, 0.05) is 13.2 Å². The lowest BCUT2D eigenvalue weighted by Gasteiger charge is -2.13. The summed E-state index contributed by atoms with van der Waals surface area (Å²) in [5.74, 6) is -1.55. The van der Waals surface area contributed by atoms with Gasteiger partial charge in [-0.3, -0.25) is 0 Å². The molecule has 2 aromatic rings. The average molecular weight is 316 g/mol. The van der Waals surface area contributed by atoms with Gasteiger partial charge in [0.25, 0.3) is 0 Å². The minimum Gasteiger partial charge on any atom is -0.377 e. The third-order valence-electron chi connectivity index (χ3n) is 3.35. The minimum absolute atomic E-state index is 0.0427. The van der Waals surface area contributed by atoms with Crippen molar-refractivity contribution in [2.24, 2.45) is 0 Å². The predicted molar refractivity (Wildman–Crippen MR) is 84.8 cm³/mol. The van der Waals surface area contributed by atoms with E-state index in [4.69, 9.17) is 10.00 Å². The van der Waals surface area contributed by atoms with Gasteiger partial charge < -0.3 is 10.1 Å². The molecule has 0 bridgehead atoms. The van der Waals surface area contributed by atoms with Crippen molar-refractivity contribution in [2.75, 3.05) is 11.9 Å². The van der Waals surface area contributed by atoms with Crippen molar-refractivity contribution >= 4 is 5.69 Å². The zero-order valence-electron chi connectivity index (χ0n) is 12.9. The Bertz CT molecular complexity index is 687. The molecule has 0 aromatic heterocycles. The van der Waals surface area contributed by atoms with Crippen molar-refractivity contribution in [1.82, 2.24) is 0 Å². The van der Waals surface area contributed by atoms with Crippen LogP contribution in [0.4, 0.5) is 14.5 Å². The molecule has 0 aliphatic heterocycles. The van der Waals surface area contributed by atoms with E-state index in [1.165, 1.54) is 0 Å². The predicted octanol–water partition coefficient (Wildman–Crippen LogP) is 4.38. The normalized spacial score (nSPS) is 10.3. The summed E-state index contributed by atoms with van der Waals surface area (Å²) in [5, 5.41) is 11.5. The van der Waals surface area contributed by atoms with Gasteiger partial charge in [0.2, 0.25) is 0 Å². The van der Waals surface area contributed by atoms with Gasteiger partial charge in [0.05, 0.1) is 18.2 Å². The topological polar surface area (TPSA) is 45.0 Å². The molecule has 5 heteroatoms. The molecule has 0 aliphatic carbocycles. The number of benzene rings is 2. The Morgan fingerprint density at radius 3 is 2.39 bits per heavy atom. The molecule has 0 unspecified atom stereocenters. The van der Waals surface area contributed by atoms with Crippen LogP contribution in [0.1, 0.15) is 30.0 Å². The number of hydrogen-bond donors (Lipinski definition) is 1. The fourth-order valence-electron chi connectivity index (χ4n) is 2.19. The third kappa shape index (κ3) is 4.51. The number of ether oxygens (including phenoxy) is 1. The van der Waals surface area contributed by atoms with Crippen LogP contribution < -0.4 is 5.32 Å². The third-order valence-corrected chi connectivity index (χ3v) is 3.35. The van der Waals surface area contributed by atoms with E-state index in [-0.39, 0.29) is 17.8 Å². The number of nitriles is 1. The lowest BCUT2D eigenvalue weighted by atomic mass is 10.1. The van der Waals surface area contributed by atoms with Crippen LogP contribution in [0.3, 0.4) is 0 Å². The molecule has 3 nitrogen and oxygen atoms in total. The van der Waals surface area contributed by atoms with Crippen LogP contribution >= 0.6 is 0 Å². The first-order valence-electron chi connectivity index (χ1n) is 7.43. The first kappa shape index (κ1) is 16.9. The van der Waals surface area contributed by atoms with Crippen LogP contribution in [0.5, 0.6) is 0 Å². The molecule has 2 rings (SSSR count). The highest BCUT2D eigenvalue weighted by Crippen LogP contribution is 2.22. The van der Waals surface area contributed by atoms with Crippen LogP contribution in [-0.2, 0) is 17.9 Å². The molecule has 120 valence electrons. The number of halogens is 2.